The molecule has 0 aliphatic heterocycles. The molecule has 0 aliphatic rings. The van der Waals surface area contributed by atoms with Gasteiger partial charge in [0.05, 0.1) is 13.5 Å². The third kappa shape index (κ3) is 2.65. The Balaban J connectivity index is 5.04. The first-order valence-corrected chi connectivity index (χ1v) is 5.32. The highest BCUT2D eigenvalue weighted by molar-refractivity contribution is 7.87. The molecule has 0 fully saturated rings. The summed E-state index contributed by atoms with van der Waals surface area (Å²) in [6.07, 6.45) is -1.01. The molecular weight excluding hydrogens is 215 g/mol. The molecule has 0 spiro atoms. The molecule has 0 aromatic carbocycles. The molecule has 1 atom stereocenters. The van der Waals surface area contributed by atoms with Gasteiger partial charge in [-0.25, -0.2) is 4.39 Å². The zero-order chi connectivity index (χ0) is 11.6. The topological polar surface area (TPSA) is 80.7 Å². The van der Waals surface area contributed by atoms with Crippen LogP contribution in [0, 0.1) is 5.92 Å². The van der Waals surface area contributed by atoms with Crippen LogP contribution in [0.2, 0.25) is 0 Å². The minimum absolute atomic E-state index is 1.01. The highest BCUT2D eigenvalue weighted by Crippen LogP contribution is 2.31. The maximum absolute atomic E-state index is 13.7. The smallest absolute Gasteiger partial charge is 0.309 e. The largest absolute Gasteiger partial charge is 0.469 e. The maximum atomic E-state index is 13.7. The quantitative estimate of drug-likeness (QED) is 0.567. The van der Waals surface area contributed by atoms with Crippen molar-refractivity contribution in [2.45, 2.75) is 25.3 Å². The van der Waals surface area contributed by atoms with E-state index in [0.717, 1.165) is 7.11 Å². The van der Waals surface area contributed by atoms with E-state index in [-0.39, 0.29) is 0 Å². The Hall–Kier alpha value is -0.690. The molecule has 1 unspecified atom stereocenters. The van der Waals surface area contributed by atoms with Crippen molar-refractivity contribution in [3.63, 3.8) is 0 Å². The molecule has 0 radical (unpaired) electrons. The summed E-state index contributed by atoms with van der Waals surface area (Å²) in [5.41, 5.74) is 0. The average Bonchev–Trinajstić information content (AvgIpc) is 2.01. The molecule has 0 saturated carbocycles. The first-order valence-electron chi connectivity index (χ1n) is 3.88. The van der Waals surface area contributed by atoms with E-state index in [9.17, 15) is 17.6 Å². The highest BCUT2D eigenvalue weighted by atomic mass is 32.2. The number of ether oxygens (including phenoxy) is 1. The zero-order valence-corrected chi connectivity index (χ0v) is 8.97. The number of hydrogen-bond acceptors (Lipinski definition) is 4. The number of carbonyl (C=O) groups excluding carboxylic acids is 1. The molecule has 0 aliphatic carbocycles. The second-order valence-electron chi connectivity index (χ2n) is 3.17. The summed E-state index contributed by atoms with van der Waals surface area (Å²) in [5, 5.41) is -2.99. The SMILES string of the molecule is COC(=O)CC(F)(C(C)C)S(=O)(=O)O. The lowest BCUT2D eigenvalue weighted by Crippen LogP contribution is -2.41. The van der Waals surface area contributed by atoms with Gasteiger partial charge in [-0.15, -0.1) is 0 Å². The molecule has 1 N–H and O–H groups in total. The minimum atomic E-state index is -4.94. The van der Waals surface area contributed by atoms with Gasteiger partial charge < -0.3 is 4.74 Å². The highest BCUT2D eigenvalue weighted by Gasteiger charge is 2.48. The van der Waals surface area contributed by atoms with Crippen molar-refractivity contribution >= 4 is 16.1 Å². The fourth-order valence-corrected chi connectivity index (χ4v) is 1.76. The summed E-state index contributed by atoms with van der Waals surface area (Å²) < 4.78 is 47.9. The van der Waals surface area contributed by atoms with Crippen LogP contribution in [-0.2, 0) is 19.6 Å². The number of methoxy groups -OCH3 is 1. The Morgan fingerprint density at radius 2 is 2.00 bits per heavy atom. The minimum Gasteiger partial charge on any atom is -0.469 e. The van der Waals surface area contributed by atoms with Gasteiger partial charge in [-0.05, 0) is 0 Å². The molecule has 0 rings (SSSR count). The van der Waals surface area contributed by atoms with E-state index >= 15 is 0 Å². The molecule has 0 heterocycles. The van der Waals surface area contributed by atoms with E-state index in [0.29, 0.717) is 0 Å². The van der Waals surface area contributed by atoms with E-state index in [1.807, 2.05) is 0 Å². The van der Waals surface area contributed by atoms with Gasteiger partial charge in [0.2, 0.25) is 5.00 Å². The normalized spacial score (nSPS) is 16.4. The van der Waals surface area contributed by atoms with Crippen LogP contribution in [0.4, 0.5) is 4.39 Å². The monoisotopic (exact) mass is 228 g/mol. The molecule has 0 bridgehead atoms. The van der Waals surface area contributed by atoms with Crippen molar-refractivity contribution < 1.29 is 26.9 Å². The lowest BCUT2D eigenvalue weighted by Gasteiger charge is -2.24. The summed E-state index contributed by atoms with van der Waals surface area (Å²) in [7, 11) is -3.93. The first kappa shape index (κ1) is 13.3. The van der Waals surface area contributed by atoms with Crippen molar-refractivity contribution in [1.82, 2.24) is 0 Å². The fraction of sp³-hybridized carbons (Fsp3) is 0.857. The second kappa shape index (κ2) is 4.22. The number of carbonyl (C=O) groups is 1. The van der Waals surface area contributed by atoms with Crippen molar-refractivity contribution in [3.05, 3.63) is 0 Å². The number of hydrogen-bond donors (Lipinski definition) is 1. The molecule has 0 saturated heterocycles. The maximum Gasteiger partial charge on any atom is 0.309 e. The Bertz CT molecular complexity index is 310. The van der Waals surface area contributed by atoms with Gasteiger partial charge >= 0.3 is 16.1 Å². The fourth-order valence-electron chi connectivity index (χ4n) is 0.862. The number of rotatable bonds is 4. The van der Waals surface area contributed by atoms with E-state index in [1.165, 1.54) is 13.8 Å². The van der Waals surface area contributed by atoms with Crippen molar-refractivity contribution in [1.29, 1.82) is 0 Å². The third-order valence-corrected chi connectivity index (χ3v) is 3.38. The van der Waals surface area contributed by atoms with Crippen LogP contribution < -0.4 is 0 Å². The Labute approximate surface area is 82.0 Å². The number of alkyl halides is 1. The first-order chi connectivity index (χ1) is 6.15. The molecule has 0 aromatic heterocycles. The van der Waals surface area contributed by atoms with Crippen molar-refractivity contribution in [2.24, 2.45) is 5.92 Å². The van der Waals surface area contributed by atoms with Gasteiger partial charge in [0.25, 0.3) is 0 Å². The van der Waals surface area contributed by atoms with Crippen LogP contribution in [0.25, 0.3) is 0 Å². The van der Waals surface area contributed by atoms with Crippen molar-refractivity contribution in [3.8, 4) is 0 Å². The summed E-state index contributed by atoms with van der Waals surface area (Å²) in [4.78, 5) is 10.7. The lowest BCUT2D eigenvalue weighted by molar-refractivity contribution is -0.143. The molecule has 7 heteroatoms. The molecule has 0 amide bonds. The van der Waals surface area contributed by atoms with Crippen LogP contribution in [-0.4, -0.2) is 31.1 Å². The average molecular weight is 228 g/mol. The zero-order valence-electron chi connectivity index (χ0n) is 8.15. The third-order valence-electron chi connectivity index (χ3n) is 1.90. The van der Waals surface area contributed by atoms with Crippen LogP contribution >= 0.6 is 0 Å². The summed E-state index contributed by atoms with van der Waals surface area (Å²) in [6.45, 7) is 2.49. The van der Waals surface area contributed by atoms with E-state index in [2.05, 4.69) is 4.74 Å². The Morgan fingerprint density at radius 3 is 2.21 bits per heavy atom. The molecule has 14 heavy (non-hydrogen) atoms. The Kier molecular flexibility index (Phi) is 4.01. The van der Waals surface area contributed by atoms with Crippen LogP contribution in [0.15, 0.2) is 0 Å². The van der Waals surface area contributed by atoms with Gasteiger partial charge in [-0.3, -0.25) is 9.35 Å². The van der Waals surface area contributed by atoms with Gasteiger partial charge in [0.1, 0.15) is 0 Å². The number of halogens is 1. The van der Waals surface area contributed by atoms with Crippen LogP contribution in [0.5, 0.6) is 0 Å². The second-order valence-corrected chi connectivity index (χ2v) is 4.80. The molecule has 5 nitrogen and oxygen atoms in total. The van der Waals surface area contributed by atoms with Gasteiger partial charge in [-0.1, -0.05) is 13.8 Å². The molecular formula is C7H13FO5S. The summed E-state index contributed by atoms with van der Waals surface area (Å²) in [5.74, 6) is -2.07. The van der Waals surface area contributed by atoms with Crippen LogP contribution in [0.1, 0.15) is 20.3 Å². The van der Waals surface area contributed by atoms with Gasteiger partial charge in [0, 0.05) is 5.92 Å². The summed E-state index contributed by atoms with van der Waals surface area (Å²) >= 11 is 0. The predicted octanol–water partition coefficient (Wildman–Crippen LogP) is 0.759. The standard InChI is InChI=1S/C7H13FO5S/c1-5(2)7(8,14(10,11)12)4-6(9)13-3/h5H,4H2,1-3H3,(H,10,11,12). The van der Waals surface area contributed by atoms with Crippen molar-refractivity contribution in [2.75, 3.05) is 7.11 Å². The predicted molar refractivity (Wildman–Crippen MR) is 46.9 cm³/mol. The molecule has 0 aromatic rings. The Morgan fingerprint density at radius 1 is 1.57 bits per heavy atom. The molecule has 84 valence electrons. The van der Waals surface area contributed by atoms with E-state index in [1.54, 1.807) is 0 Å². The van der Waals surface area contributed by atoms with Gasteiger partial charge in [0.15, 0.2) is 0 Å². The van der Waals surface area contributed by atoms with Gasteiger partial charge in [-0.2, -0.15) is 8.42 Å². The van der Waals surface area contributed by atoms with E-state index < -0.39 is 33.4 Å². The lowest BCUT2D eigenvalue weighted by atomic mass is 10.1. The van der Waals surface area contributed by atoms with Crippen LogP contribution in [0.3, 0.4) is 0 Å². The van der Waals surface area contributed by atoms with E-state index in [4.69, 9.17) is 4.55 Å². The number of esters is 1. The summed E-state index contributed by atoms with van der Waals surface area (Å²) in [6, 6.07) is 0.